The van der Waals surface area contributed by atoms with E-state index in [0.717, 1.165) is 27.9 Å². The molecule has 0 radical (unpaired) electrons. The molecular formula is C33H26N2O3. The summed E-state index contributed by atoms with van der Waals surface area (Å²) < 4.78 is 5.85. The highest BCUT2D eigenvalue weighted by molar-refractivity contribution is 6.25. The highest BCUT2D eigenvalue weighted by Gasteiger charge is 2.68. The Morgan fingerprint density at radius 1 is 0.789 bits per heavy atom. The molecule has 4 aromatic carbocycles. The topological polar surface area (TPSA) is 59.0 Å². The van der Waals surface area contributed by atoms with E-state index < -0.39 is 17.3 Å². The number of carbonyl (C=O) groups excluding carboxylic acids is 2. The van der Waals surface area contributed by atoms with Crippen LogP contribution in [0, 0.1) is 11.8 Å². The Morgan fingerprint density at radius 3 is 2.08 bits per heavy atom. The Balaban J connectivity index is 1.50. The van der Waals surface area contributed by atoms with Crippen LogP contribution in [0.1, 0.15) is 35.1 Å². The molecule has 4 aromatic rings. The second-order valence-corrected chi connectivity index (χ2v) is 10.0. The predicted octanol–water partition coefficient (Wildman–Crippen LogP) is 6.04. The number of rotatable bonds is 5. The summed E-state index contributed by atoms with van der Waals surface area (Å²) in [6.07, 6.45) is 1.93. The van der Waals surface area contributed by atoms with E-state index in [0.29, 0.717) is 18.0 Å². The van der Waals surface area contributed by atoms with Crippen molar-refractivity contribution in [1.29, 1.82) is 0 Å². The van der Waals surface area contributed by atoms with Gasteiger partial charge in [-0.3, -0.25) is 14.6 Å². The number of anilines is 1. The second kappa shape index (κ2) is 8.52. The Labute approximate surface area is 221 Å². The van der Waals surface area contributed by atoms with Gasteiger partial charge >= 0.3 is 0 Å². The SMILES string of the molecule is CCOc1ccccc1N1C(=O)C2C3c4ccccc4C(C=Nc4ccccc4)(c4ccccc43)C2C1=O. The summed E-state index contributed by atoms with van der Waals surface area (Å²) >= 11 is 0. The van der Waals surface area contributed by atoms with Gasteiger partial charge in [0.15, 0.2) is 0 Å². The van der Waals surface area contributed by atoms with Crippen molar-refractivity contribution in [1.82, 2.24) is 0 Å². The quantitative estimate of drug-likeness (QED) is 0.249. The summed E-state index contributed by atoms with van der Waals surface area (Å²) in [5.74, 6) is -1.22. The van der Waals surface area contributed by atoms with Gasteiger partial charge in [0.2, 0.25) is 11.8 Å². The van der Waals surface area contributed by atoms with Crippen molar-refractivity contribution in [2.45, 2.75) is 18.3 Å². The van der Waals surface area contributed by atoms with Crippen molar-refractivity contribution >= 4 is 29.4 Å². The monoisotopic (exact) mass is 498 g/mol. The van der Waals surface area contributed by atoms with E-state index in [4.69, 9.17) is 9.73 Å². The van der Waals surface area contributed by atoms with Gasteiger partial charge in [0, 0.05) is 12.1 Å². The minimum atomic E-state index is -0.884. The van der Waals surface area contributed by atoms with Crippen LogP contribution in [0.15, 0.2) is 108 Å². The molecule has 0 aromatic heterocycles. The Bertz CT molecular complexity index is 1560. The zero-order valence-corrected chi connectivity index (χ0v) is 21.0. The average molecular weight is 499 g/mol. The van der Waals surface area contributed by atoms with Crippen molar-refractivity contribution in [2.75, 3.05) is 11.5 Å². The normalized spacial score (nSPS) is 24.9. The van der Waals surface area contributed by atoms with Gasteiger partial charge in [0.1, 0.15) is 5.75 Å². The van der Waals surface area contributed by atoms with E-state index in [9.17, 15) is 9.59 Å². The smallest absolute Gasteiger partial charge is 0.239 e. The van der Waals surface area contributed by atoms with E-state index in [1.807, 2.05) is 85.9 Å². The minimum Gasteiger partial charge on any atom is -0.492 e. The molecule has 8 rings (SSSR count). The molecule has 2 atom stereocenters. The third-order valence-electron chi connectivity index (χ3n) is 8.26. The first kappa shape index (κ1) is 22.7. The highest BCUT2D eigenvalue weighted by atomic mass is 16.5. The van der Waals surface area contributed by atoms with Gasteiger partial charge in [-0.2, -0.15) is 0 Å². The molecule has 0 N–H and O–H groups in total. The van der Waals surface area contributed by atoms with Crippen molar-refractivity contribution in [3.8, 4) is 5.75 Å². The van der Waals surface area contributed by atoms with Crippen LogP contribution >= 0.6 is 0 Å². The lowest BCUT2D eigenvalue weighted by molar-refractivity contribution is -0.122. The maximum atomic E-state index is 14.5. The summed E-state index contributed by atoms with van der Waals surface area (Å²) in [7, 11) is 0. The van der Waals surface area contributed by atoms with Crippen LogP contribution in [0.3, 0.4) is 0 Å². The lowest BCUT2D eigenvalue weighted by Crippen LogP contribution is -2.54. The number of amides is 2. The molecule has 1 aliphatic heterocycles. The van der Waals surface area contributed by atoms with E-state index >= 15 is 0 Å². The van der Waals surface area contributed by atoms with Gasteiger partial charge in [0.05, 0.1) is 35.2 Å². The molecule has 5 heteroatoms. The van der Waals surface area contributed by atoms with E-state index in [-0.39, 0.29) is 17.7 Å². The van der Waals surface area contributed by atoms with Gasteiger partial charge < -0.3 is 4.74 Å². The average Bonchev–Trinajstić information content (AvgIpc) is 3.23. The first-order chi connectivity index (χ1) is 18.7. The summed E-state index contributed by atoms with van der Waals surface area (Å²) in [6, 6.07) is 33.5. The molecule has 1 saturated heterocycles. The van der Waals surface area contributed by atoms with Gasteiger partial charge in [-0.1, -0.05) is 78.9 Å². The van der Waals surface area contributed by atoms with Crippen LogP contribution in [0.25, 0.3) is 0 Å². The first-order valence-corrected chi connectivity index (χ1v) is 13.1. The highest BCUT2D eigenvalue weighted by Crippen LogP contribution is 2.64. The Kier molecular flexibility index (Phi) is 5.08. The molecule has 38 heavy (non-hydrogen) atoms. The number of hydrogen-bond donors (Lipinski definition) is 0. The molecule has 3 aliphatic carbocycles. The molecule has 2 amide bonds. The zero-order chi connectivity index (χ0) is 25.9. The van der Waals surface area contributed by atoms with Gasteiger partial charge in [0.25, 0.3) is 0 Å². The standard InChI is InChI=1S/C33H26N2O3/c1-2-38-27-19-11-10-18-26(27)35-31(36)29-28-22-14-6-8-16-24(22)33(30(29)32(35)37,25-17-9-7-15-23(25)28)20-34-21-12-4-3-5-13-21/h3-20,28-30H,2H2,1H3. The first-order valence-electron chi connectivity index (χ1n) is 13.1. The second-order valence-electron chi connectivity index (χ2n) is 10.0. The fourth-order valence-corrected chi connectivity index (χ4v) is 6.90. The molecule has 1 fully saturated rings. The van der Waals surface area contributed by atoms with Gasteiger partial charge in [-0.05, 0) is 53.4 Å². The summed E-state index contributed by atoms with van der Waals surface area (Å²) in [6.45, 7) is 2.33. The zero-order valence-electron chi connectivity index (χ0n) is 21.0. The maximum absolute atomic E-state index is 14.5. The molecular weight excluding hydrogens is 472 g/mol. The van der Waals surface area contributed by atoms with Crippen molar-refractivity contribution in [2.24, 2.45) is 16.8 Å². The third kappa shape index (κ3) is 2.96. The van der Waals surface area contributed by atoms with Crippen LogP contribution < -0.4 is 9.64 Å². The minimum absolute atomic E-state index is 0.182. The molecule has 5 nitrogen and oxygen atoms in total. The van der Waals surface area contributed by atoms with Crippen molar-refractivity contribution in [3.05, 3.63) is 125 Å². The summed E-state index contributed by atoms with van der Waals surface area (Å²) in [5, 5.41) is 0. The van der Waals surface area contributed by atoms with Crippen LogP contribution in [-0.2, 0) is 15.0 Å². The predicted molar refractivity (Wildman–Crippen MR) is 147 cm³/mol. The molecule has 1 heterocycles. The van der Waals surface area contributed by atoms with E-state index in [2.05, 4.69) is 24.3 Å². The lowest BCUT2D eigenvalue weighted by Gasteiger charge is -2.52. The molecule has 2 bridgehead atoms. The van der Waals surface area contributed by atoms with Crippen molar-refractivity contribution in [3.63, 3.8) is 0 Å². The fourth-order valence-electron chi connectivity index (χ4n) is 6.90. The van der Waals surface area contributed by atoms with Gasteiger partial charge in [-0.25, -0.2) is 4.90 Å². The number of imide groups is 1. The van der Waals surface area contributed by atoms with Gasteiger partial charge in [-0.15, -0.1) is 0 Å². The molecule has 0 saturated carbocycles. The van der Waals surface area contributed by atoms with Crippen molar-refractivity contribution < 1.29 is 14.3 Å². The third-order valence-corrected chi connectivity index (χ3v) is 8.26. The molecule has 4 aliphatic rings. The molecule has 2 unspecified atom stereocenters. The number of aliphatic imine (C=N–C) groups is 1. The van der Waals surface area contributed by atoms with Crippen LogP contribution in [0.4, 0.5) is 11.4 Å². The lowest BCUT2D eigenvalue weighted by atomic mass is 9.47. The largest absolute Gasteiger partial charge is 0.492 e. The van der Waals surface area contributed by atoms with E-state index in [1.165, 1.54) is 4.90 Å². The fraction of sp³-hybridized carbons (Fsp3) is 0.182. The van der Waals surface area contributed by atoms with Crippen LogP contribution in [0.2, 0.25) is 0 Å². The molecule has 0 spiro atoms. The number of para-hydroxylation sites is 3. The van der Waals surface area contributed by atoms with Crippen LogP contribution in [0.5, 0.6) is 5.75 Å². The number of carbonyl (C=O) groups is 2. The maximum Gasteiger partial charge on any atom is 0.239 e. The number of hydrogen-bond acceptors (Lipinski definition) is 4. The number of ether oxygens (including phenoxy) is 1. The Morgan fingerprint density at radius 2 is 1.39 bits per heavy atom. The van der Waals surface area contributed by atoms with Crippen LogP contribution in [-0.4, -0.2) is 24.6 Å². The Hall–Kier alpha value is -4.51. The molecule has 186 valence electrons. The summed E-state index contributed by atoms with van der Waals surface area (Å²) in [5.41, 5.74) is 4.69. The summed E-state index contributed by atoms with van der Waals surface area (Å²) in [4.78, 5) is 35.2. The number of nitrogens with zero attached hydrogens (tertiary/aromatic N) is 2. The van der Waals surface area contributed by atoms with E-state index in [1.54, 1.807) is 6.07 Å². The number of benzene rings is 4.